The molecule has 1 aliphatic carbocycles. The fourth-order valence-electron chi connectivity index (χ4n) is 3.74. The Hall–Kier alpha value is -2.22. The first-order valence-corrected chi connectivity index (χ1v) is 8.95. The van der Waals surface area contributed by atoms with Crippen LogP contribution in [0.1, 0.15) is 53.5 Å². The Morgan fingerprint density at radius 1 is 1.12 bits per heavy atom. The maximum absolute atomic E-state index is 14.6. The molecule has 3 rings (SSSR count). The SMILES string of the molecule is C=Cc1ccc2c(c1)CCC(c1c(F)cc(CC/C=C/C)cc1F)C2. The molecule has 0 heterocycles. The number of aryl methyl sites for hydroxylation is 2. The van der Waals surface area contributed by atoms with E-state index in [9.17, 15) is 8.78 Å². The van der Waals surface area contributed by atoms with Crippen molar-refractivity contribution >= 4 is 6.08 Å². The highest BCUT2D eigenvalue weighted by Crippen LogP contribution is 2.36. The lowest BCUT2D eigenvalue weighted by molar-refractivity contribution is 0.490. The van der Waals surface area contributed by atoms with Gasteiger partial charge in [-0.1, -0.05) is 43.0 Å². The van der Waals surface area contributed by atoms with Gasteiger partial charge in [-0.2, -0.15) is 0 Å². The molecule has 130 valence electrons. The summed E-state index contributed by atoms with van der Waals surface area (Å²) in [5.41, 5.74) is 4.55. The van der Waals surface area contributed by atoms with Crippen molar-refractivity contribution in [3.05, 3.63) is 88.5 Å². The van der Waals surface area contributed by atoms with Crippen LogP contribution in [0, 0.1) is 11.6 Å². The Kier molecular flexibility index (Phi) is 5.47. The number of hydrogen-bond acceptors (Lipinski definition) is 0. The molecule has 1 aliphatic rings. The lowest BCUT2D eigenvalue weighted by atomic mass is 9.79. The van der Waals surface area contributed by atoms with Crippen molar-refractivity contribution in [2.45, 2.75) is 44.9 Å². The summed E-state index contributed by atoms with van der Waals surface area (Å²) < 4.78 is 29.3. The number of rotatable bonds is 5. The van der Waals surface area contributed by atoms with Crippen LogP contribution in [0.2, 0.25) is 0 Å². The summed E-state index contributed by atoms with van der Waals surface area (Å²) in [6.07, 6.45) is 9.59. The van der Waals surface area contributed by atoms with E-state index >= 15 is 0 Å². The van der Waals surface area contributed by atoms with Crippen LogP contribution in [0.5, 0.6) is 0 Å². The third-order valence-electron chi connectivity index (χ3n) is 5.08. The summed E-state index contributed by atoms with van der Waals surface area (Å²) >= 11 is 0. The Balaban J connectivity index is 1.83. The van der Waals surface area contributed by atoms with Gasteiger partial charge in [0.15, 0.2) is 0 Å². The van der Waals surface area contributed by atoms with Crippen LogP contribution in [0.3, 0.4) is 0 Å². The zero-order valence-electron chi connectivity index (χ0n) is 14.7. The van der Waals surface area contributed by atoms with Crippen LogP contribution in [-0.4, -0.2) is 0 Å². The Morgan fingerprint density at radius 3 is 2.56 bits per heavy atom. The van der Waals surface area contributed by atoms with Crippen molar-refractivity contribution in [1.29, 1.82) is 0 Å². The summed E-state index contributed by atoms with van der Waals surface area (Å²) in [6.45, 7) is 5.74. The first-order valence-electron chi connectivity index (χ1n) is 8.95. The topological polar surface area (TPSA) is 0 Å². The number of benzene rings is 2. The van der Waals surface area contributed by atoms with Gasteiger partial charge in [-0.25, -0.2) is 8.78 Å². The van der Waals surface area contributed by atoms with E-state index < -0.39 is 11.6 Å². The van der Waals surface area contributed by atoms with Gasteiger partial charge in [0.25, 0.3) is 0 Å². The second-order valence-corrected chi connectivity index (χ2v) is 6.75. The summed E-state index contributed by atoms with van der Waals surface area (Å²) in [6, 6.07) is 9.25. The molecule has 2 heteroatoms. The molecule has 2 aromatic carbocycles. The Bertz CT molecular complexity index is 779. The van der Waals surface area contributed by atoms with Crippen LogP contribution < -0.4 is 0 Å². The standard InChI is InChI=1S/C23H24F2/c1-3-5-6-7-17-13-21(24)23(22(25)14-17)20-11-10-18-12-16(4-2)8-9-19(18)15-20/h3-5,8-9,12-14,20H,2,6-7,10-11,15H2,1H3/b5-3+. The second kappa shape index (κ2) is 7.77. The minimum atomic E-state index is -0.397. The molecule has 0 radical (unpaired) electrons. The highest BCUT2D eigenvalue weighted by molar-refractivity contribution is 5.51. The van der Waals surface area contributed by atoms with E-state index in [1.165, 1.54) is 23.3 Å². The number of halogens is 2. The lowest BCUT2D eigenvalue weighted by Crippen LogP contribution is -2.16. The summed E-state index contributed by atoms with van der Waals surface area (Å²) in [7, 11) is 0. The zero-order valence-corrected chi connectivity index (χ0v) is 14.7. The first kappa shape index (κ1) is 17.6. The third-order valence-corrected chi connectivity index (χ3v) is 5.08. The molecule has 0 nitrogen and oxygen atoms in total. The molecule has 2 aromatic rings. The maximum atomic E-state index is 14.6. The number of fused-ring (bicyclic) bond motifs is 1. The average molecular weight is 338 g/mol. The number of allylic oxidation sites excluding steroid dienone is 2. The minimum Gasteiger partial charge on any atom is -0.207 e. The molecule has 0 saturated heterocycles. The molecule has 0 bridgehead atoms. The van der Waals surface area contributed by atoms with E-state index in [4.69, 9.17) is 0 Å². The zero-order chi connectivity index (χ0) is 17.8. The fourth-order valence-corrected chi connectivity index (χ4v) is 3.74. The van der Waals surface area contributed by atoms with Gasteiger partial charge in [-0.05, 0) is 79.3 Å². The van der Waals surface area contributed by atoms with Gasteiger partial charge in [-0.15, -0.1) is 0 Å². The quantitative estimate of drug-likeness (QED) is 0.554. The van der Waals surface area contributed by atoms with Gasteiger partial charge in [0, 0.05) is 5.56 Å². The minimum absolute atomic E-state index is 0.0910. The van der Waals surface area contributed by atoms with E-state index in [-0.39, 0.29) is 11.5 Å². The van der Waals surface area contributed by atoms with E-state index in [0.717, 1.165) is 30.4 Å². The van der Waals surface area contributed by atoms with E-state index in [1.807, 2.05) is 31.2 Å². The average Bonchev–Trinajstić information content (AvgIpc) is 2.61. The molecule has 0 N–H and O–H groups in total. The predicted octanol–water partition coefficient (Wildman–Crippen LogP) is 6.39. The monoisotopic (exact) mass is 338 g/mol. The molecule has 1 atom stereocenters. The molecule has 0 aliphatic heterocycles. The molecule has 0 amide bonds. The number of hydrogen-bond donors (Lipinski definition) is 0. The van der Waals surface area contributed by atoms with Crippen LogP contribution in [0.4, 0.5) is 8.78 Å². The third kappa shape index (κ3) is 3.89. The largest absolute Gasteiger partial charge is 0.207 e. The van der Waals surface area contributed by atoms with E-state index in [1.54, 1.807) is 0 Å². The molecule has 25 heavy (non-hydrogen) atoms. The van der Waals surface area contributed by atoms with Crippen molar-refractivity contribution in [2.75, 3.05) is 0 Å². The first-order chi connectivity index (χ1) is 12.1. The van der Waals surface area contributed by atoms with Crippen LogP contribution in [-0.2, 0) is 19.3 Å². The molecular formula is C23H24F2. The van der Waals surface area contributed by atoms with Gasteiger partial charge in [-0.3, -0.25) is 0 Å². The van der Waals surface area contributed by atoms with Gasteiger partial charge >= 0.3 is 0 Å². The maximum Gasteiger partial charge on any atom is 0.129 e. The molecule has 0 aromatic heterocycles. The second-order valence-electron chi connectivity index (χ2n) is 6.75. The van der Waals surface area contributed by atoms with E-state index in [0.29, 0.717) is 12.8 Å². The Morgan fingerprint density at radius 2 is 1.88 bits per heavy atom. The molecular weight excluding hydrogens is 314 g/mol. The van der Waals surface area contributed by atoms with Crippen molar-refractivity contribution < 1.29 is 8.78 Å². The molecule has 0 saturated carbocycles. The highest BCUT2D eigenvalue weighted by Gasteiger charge is 2.25. The molecule has 0 spiro atoms. The smallest absolute Gasteiger partial charge is 0.129 e. The Labute approximate surface area is 148 Å². The van der Waals surface area contributed by atoms with Crippen LogP contribution in [0.15, 0.2) is 49.1 Å². The summed E-state index contributed by atoms with van der Waals surface area (Å²) in [4.78, 5) is 0. The van der Waals surface area contributed by atoms with Crippen LogP contribution in [0.25, 0.3) is 6.08 Å². The summed E-state index contributed by atoms with van der Waals surface area (Å²) in [5.74, 6) is -0.884. The summed E-state index contributed by atoms with van der Waals surface area (Å²) in [5, 5.41) is 0. The molecule has 0 fully saturated rings. The van der Waals surface area contributed by atoms with Crippen molar-refractivity contribution in [1.82, 2.24) is 0 Å². The van der Waals surface area contributed by atoms with Crippen LogP contribution >= 0.6 is 0 Å². The van der Waals surface area contributed by atoms with Gasteiger partial charge in [0.2, 0.25) is 0 Å². The highest BCUT2D eigenvalue weighted by atomic mass is 19.1. The van der Waals surface area contributed by atoms with Crippen molar-refractivity contribution in [2.24, 2.45) is 0 Å². The van der Waals surface area contributed by atoms with Gasteiger partial charge in [0.05, 0.1) is 0 Å². The van der Waals surface area contributed by atoms with Crippen molar-refractivity contribution in [3.63, 3.8) is 0 Å². The lowest BCUT2D eigenvalue weighted by Gasteiger charge is -2.26. The fraction of sp³-hybridized carbons (Fsp3) is 0.304. The molecule has 1 unspecified atom stereocenters. The predicted molar refractivity (Wildman–Crippen MR) is 101 cm³/mol. The van der Waals surface area contributed by atoms with E-state index in [2.05, 4.69) is 18.7 Å². The van der Waals surface area contributed by atoms with Crippen molar-refractivity contribution in [3.8, 4) is 0 Å². The van der Waals surface area contributed by atoms with Gasteiger partial charge in [0.1, 0.15) is 11.6 Å². The normalized spacial score (nSPS) is 16.8. The van der Waals surface area contributed by atoms with Gasteiger partial charge < -0.3 is 0 Å².